The minimum absolute atomic E-state index is 0.270. The van der Waals surface area contributed by atoms with Gasteiger partial charge in [0.15, 0.2) is 0 Å². The van der Waals surface area contributed by atoms with Crippen LogP contribution in [0.25, 0.3) is 0 Å². The molecule has 0 aromatic carbocycles. The molecule has 4 unspecified atom stereocenters. The topological polar surface area (TPSA) is 167 Å². The number of aliphatic hydroxyl groups excluding tert-OH is 5. The predicted molar refractivity (Wildman–Crippen MR) is 48.2 cm³/mol. The molecule has 0 saturated heterocycles. The molecule has 0 amide bonds. The lowest BCUT2D eigenvalue weighted by atomic mass is 9.83. The molecule has 15 heavy (non-hydrogen) atoms. The number of guanidine groups is 1. The van der Waals surface area contributed by atoms with Crippen LogP contribution in [-0.4, -0.2) is 68.1 Å². The molecule has 8 heteroatoms. The van der Waals surface area contributed by atoms with Crippen LogP contribution in [0.1, 0.15) is 0 Å². The standard InChI is InChI=1S/C7H15N3O5/c8-7(9)10-1-2(11)4(13)6(15)5(14)3(1)12/h1-6,11-15H,(H4,8,9,10)/p+1/t1?,2-,3+,4?,5?,6?. The lowest BCUT2D eigenvalue weighted by molar-refractivity contribution is -0.544. The van der Waals surface area contributed by atoms with Crippen LogP contribution in [0.2, 0.25) is 0 Å². The highest BCUT2D eigenvalue weighted by molar-refractivity contribution is 5.69. The maximum Gasteiger partial charge on any atom is 0.339 e. The lowest BCUT2D eigenvalue weighted by Crippen LogP contribution is -2.92. The van der Waals surface area contributed by atoms with Gasteiger partial charge < -0.3 is 25.5 Å². The first-order valence-corrected chi connectivity index (χ1v) is 4.41. The van der Waals surface area contributed by atoms with Crippen LogP contribution in [0, 0.1) is 0 Å². The average molecular weight is 222 g/mol. The molecule has 10 N–H and O–H groups in total. The number of hydrogen-bond donors (Lipinski definition) is 8. The molecular weight excluding hydrogens is 206 g/mol. The normalized spacial score (nSPS) is 46.2. The Morgan fingerprint density at radius 3 is 1.40 bits per heavy atom. The Morgan fingerprint density at radius 2 is 1.07 bits per heavy atom. The van der Waals surface area contributed by atoms with Crippen molar-refractivity contribution in [3.63, 3.8) is 0 Å². The smallest absolute Gasteiger partial charge is 0.339 e. The second kappa shape index (κ2) is 4.29. The van der Waals surface area contributed by atoms with Crippen molar-refractivity contribution in [3.05, 3.63) is 0 Å². The van der Waals surface area contributed by atoms with Crippen LogP contribution in [-0.2, 0) is 0 Å². The van der Waals surface area contributed by atoms with Gasteiger partial charge in [0.25, 0.3) is 0 Å². The van der Waals surface area contributed by atoms with Gasteiger partial charge in [-0.2, -0.15) is 0 Å². The summed E-state index contributed by atoms with van der Waals surface area (Å²) in [7, 11) is 0. The summed E-state index contributed by atoms with van der Waals surface area (Å²) in [5.74, 6) is -0.270. The Morgan fingerprint density at radius 1 is 0.733 bits per heavy atom. The van der Waals surface area contributed by atoms with E-state index in [1.807, 2.05) is 0 Å². The Labute approximate surface area is 85.5 Å². The first-order valence-electron chi connectivity index (χ1n) is 4.41. The van der Waals surface area contributed by atoms with Crippen molar-refractivity contribution in [1.82, 2.24) is 0 Å². The molecule has 1 fully saturated rings. The largest absolute Gasteiger partial charge is 0.387 e. The average Bonchev–Trinajstić information content (AvgIpc) is 2.18. The summed E-state index contributed by atoms with van der Waals surface area (Å²) >= 11 is 0. The molecule has 6 atom stereocenters. The van der Waals surface area contributed by atoms with Crippen molar-refractivity contribution in [3.8, 4) is 0 Å². The van der Waals surface area contributed by atoms with Crippen molar-refractivity contribution in [2.45, 2.75) is 36.6 Å². The summed E-state index contributed by atoms with van der Waals surface area (Å²) in [6.07, 6.45) is -7.76. The highest BCUT2D eigenvalue weighted by Gasteiger charge is 2.49. The molecule has 1 aliphatic carbocycles. The quantitative estimate of drug-likeness (QED) is 0.161. The van der Waals surface area contributed by atoms with Gasteiger partial charge in [0.05, 0.1) is 0 Å². The minimum Gasteiger partial charge on any atom is -0.387 e. The molecule has 1 saturated carbocycles. The van der Waals surface area contributed by atoms with E-state index in [2.05, 4.69) is 4.99 Å². The van der Waals surface area contributed by atoms with Crippen molar-refractivity contribution in [2.75, 3.05) is 0 Å². The third-order valence-corrected chi connectivity index (χ3v) is 2.47. The van der Waals surface area contributed by atoms with Gasteiger partial charge in [0.1, 0.15) is 36.6 Å². The number of nitrogens with two attached hydrogens (primary N) is 2. The van der Waals surface area contributed by atoms with E-state index >= 15 is 0 Å². The fourth-order valence-electron chi connectivity index (χ4n) is 1.60. The van der Waals surface area contributed by atoms with Crippen LogP contribution in [0.3, 0.4) is 0 Å². The molecule has 0 aromatic heterocycles. The Bertz CT molecular complexity index is 241. The van der Waals surface area contributed by atoms with Gasteiger partial charge in [-0.1, -0.05) is 0 Å². The third kappa shape index (κ3) is 2.19. The Kier molecular flexibility index (Phi) is 3.47. The Balaban J connectivity index is 2.91. The van der Waals surface area contributed by atoms with E-state index in [0.717, 1.165) is 0 Å². The van der Waals surface area contributed by atoms with Crippen molar-refractivity contribution >= 4 is 5.96 Å². The molecule has 0 bridgehead atoms. The Hall–Kier alpha value is -0.930. The van der Waals surface area contributed by atoms with Gasteiger partial charge in [0.2, 0.25) is 0 Å². The molecule has 0 aliphatic heterocycles. The monoisotopic (exact) mass is 222 g/mol. The van der Waals surface area contributed by atoms with Gasteiger partial charge in [-0.05, 0) is 0 Å². The van der Waals surface area contributed by atoms with E-state index < -0.39 is 36.6 Å². The highest BCUT2D eigenvalue weighted by atomic mass is 16.4. The van der Waals surface area contributed by atoms with E-state index in [9.17, 15) is 25.5 Å². The summed E-state index contributed by atoms with van der Waals surface area (Å²) in [4.78, 5) is 2.30. The first kappa shape index (κ1) is 12.1. The summed E-state index contributed by atoms with van der Waals surface area (Å²) in [6, 6.07) is -1.14. The molecule has 88 valence electrons. The van der Waals surface area contributed by atoms with Crippen LogP contribution in [0.15, 0.2) is 0 Å². The molecule has 8 nitrogen and oxygen atoms in total. The van der Waals surface area contributed by atoms with Crippen LogP contribution < -0.4 is 16.5 Å². The predicted octanol–water partition coefficient (Wildman–Crippen LogP) is -6.47. The molecule has 0 radical (unpaired) electrons. The van der Waals surface area contributed by atoms with Gasteiger partial charge in [0, 0.05) is 0 Å². The fourth-order valence-corrected chi connectivity index (χ4v) is 1.60. The summed E-state index contributed by atoms with van der Waals surface area (Å²) in [5, 5.41) is 46.8. The maximum absolute atomic E-state index is 9.48. The summed E-state index contributed by atoms with van der Waals surface area (Å²) < 4.78 is 0. The van der Waals surface area contributed by atoms with Gasteiger partial charge in [-0.3, -0.25) is 16.5 Å². The van der Waals surface area contributed by atoms with Crippen LogP contribution in [0.5, 0.6) is 0 Å². The highest BCUT2D eigenvalue weighted by Crippen LogP contribution is 2.18. The summed E-state index contributed by atoms with van der Waals surface area (Å²) in [6.45, 7) is 0. The van der Waals surface area contributed by atoms with E-state index in [4.69, 9.17) is 11.5 Å². The van der Waals surface area contributed by atoms with E-state index in [1.165, 1.54) is 0 Å². The van der Waals surface area contributed by atoms with Gasteiger partial charge in [-0.15, -0.1) is 0 Å². The van der Waals surface area contributed by atoms with Crippen LogP contribution >= 0.6 is 0 Å². The van der Waals surface area contributed by atoms with Crippen LogP contribution in [0.4, 0.5) is 0 Å². The lowest BCUT2D eigenvalue weighted by Gasteiger charge is -2.39. The molecule has 0 aromatic rings. The SMILES string of the molecule is NC(N)=[NH+]C1[C@H](O)C(O)C(O)C(O)[C@@H]1O. The minimum atomic E-state index is -1.62. The number of rotatable bonds is 1. The molecule has 1 rings (SSSR count). The zero-order valence-corrected chi connectivity index (χ0v) is 7.85. The molecule has 1 aliphatic rings. The second-order valence-corrected chi connectivity index (χ2v) is 3.58. The number of hydrogen-bond acceptors (Lipinski definition) is 5. The molecular formula is C7H16N3O5+. The van der Waals surface area contributed by atoms with Crippen molar-refractivity contribution in [1.29, 1.82) is 0 Å². The maximum atomic E-state index is 9.48. The van der Waals surface area contributed by atoms with E-state index in [0.29, 0.717) is 0 Å². The van der Waals surface area contributed by atoms with Crippen molar-refractivity contribution in [2.24, 2.45) is 11.5 Å². The van der Waals surface area contributed by atoms with Crippen molar-refractivity contribution < 1.29 is 30.5 Å². The molecule has 0 heterocycles. The van der Waals surface area contributed by atoms with E-state index in [1.54, 1.807) is 0 Å². The van der Waals surface area contributed by atoms with Gasteiger partial charge >= 0.3 is 5.96 Å². The van der Waals surface area contributed by atoms with Gasteiger partial charge in [-0.25, -0.2) is 0 Å². The second-order valence-electron chi connectivity index (χ2n) is 3.58. The molecule has 0 spiro atoms. The zero-order valence-electron chi connectivity index (χ0n) is 7.85. The third-order valence-electron chi connectivity index (χ3n) is 2.47. The first-order chi connectivity index (χ1) is 6.86. The zero-order chi connectivity index (χ0) is 11.7. The van der Waals surface area contributed by atoms with E-state index in [-0.39, 0.29) is 5.96 Å². The summed E-state index contributed by atoms with van der Waals surface area (Å²) in [5.41, 5.74) is 10.2. The number of nitrogens with one attached hydrogen (secondary N) is 1. The number of aliphatic hydroxyl groups is 5. The fraction of sp³-hybridized carbons (Fsp3) is 0.857.